The van der Waals surface area contributed by atoms with Crippen molar-refractivity contribution in [3.63, 3.8) is 0 Å². The lowest BCUT2D eigenvalue weighted by atomic mass is 9.75. The monoisotopic (exact) mass is 1220 g/mol. The van der Waals surface area contributed by atoms with Crippen molar-refractivity contribution in [2.75, 3.05) is 83.3 Å². The molecule has 0 fully saturated rings. The Bertz CT molecular complexity index is 3750. The van der Waals surface area contributed by atoms with Crippen LogP contribution in [0.3, 0.4) is 0 Å². The van der Waals surface area contributed by atoms with E-state index in [1.165, 1.54) is 21.3 Å². The number of fused-ring (bicyclic) bond motifs is 8. The standard InChI is InChI=1S/C68H66O18.CH2O2/c1-10-83-58-31-54(79-6)46-27-50(58)65(38-11-19-42(75-2)20-12-38)47-28-51(59(32-55(47)80-7)84-35-62(69)70)67(40-15-23-44(77-4)24-16-40)49-30-53(61(34-57(49)82-9)86-37-64(73)74)68(41-17-25-45(78-5)26-18-41)48-29-52(60(33-56(48)81-8)85-36-63(71)72)66(46)39-13-21-43(76-3)22-14-39;2-1-3/h11-34,65-68H,10,35-37H2,1-9H3,(H,69,70)(H,71,72)(H,73,74);1H,(H,2,3). The Kier molecular flexibility index (Phi) is 21.3. The van der Waals surface area contributed by atoms with E-state index in [0.29, 0.717) is 101 Å². The molecule has 0 aliphatic heterocycles. The van der Waals surface area contributed by atoms with Crippen LogP contribution >= 0.6 is 0 Å². The second-order valence-electron chi connectivity index (χ2n) is 19.9. The van der Waals surface area contributed by atoms with Gasteiger partial charge in [-0.3, -0.25) is 4.79 Å². The molecule has 0 aromatic heterocycles. The number of benzene rings is 8. The number of carbonyl (C=O) groups is 4. The second kappa shape index (κ2) is 29.6. The quantitative estimate of drug-likeness (QED) is 0.0434. The van der Waals surface area contributed by atoms with Crippen LogP contribution in [0.15, 0.2) is 146 Å². The fourth-order valence-electron chi connectivity index (χ4n) is 11.3. The predicted molar refractivity (Wildman–Crippen MR) is 327 cm³/mol. The number of rotatable bonds is 23. The zero-order chi connectivity index (χ0) is 63.9. The van der Waals surface area contributed by atoms with Crippen molar-refractivity contribution < 1.29 is 96.4 Å². The summed E-state index contributed by atoms with van der Waals surface area (Å²) in [5.74, 6) is -2.99. The molecule has 4 unspecified atom stereocenters. The molecule has 0 heterocycles. The van der Waals surface area contributed by atoms with Crippen LogP contribution < -0.4 is 56.8 Å². The summed E-state index contributed by atoms with van der Waals surface area (Å²) in [6, 6.07) is 44.3. The third-order valence-electron chi connectivity index (χ3n) is 15.1. The molecular formula is C69H68O20. The third kappa shape index (κ3) is 14.2. The van der Waals surface area contributed by atoms with Gasteiger partial charge in [0.05, 0.1) is 63.5 Å². The van der Waals surface area contributed by atoms with Crippen LogP contribution in [0.4, 0.5) is 0 Å². The van der Waals surface area contributed by atoms with Crippen molar-refractivity contribution in [2.24, 2.45) is 0 Å². The van der Waals surface area contributed by atoms with E-state index in [2.05, 4.69) is 0 Å². The summed E-state index contributed by atoms with van der Waals surface area (Å²) >= 11 is 0. The van der Waals surface area contributed by atoms with E-state index in [1.807, 2.05) is 110 Å². The Hall–Kier alpha value is -10.8. The van der Waals surface area contributed by atoms with E-state index in [4.69, 9.17) is 66.7 Å². The Morgan fingerprint density at radius 2 is 0.517 bits per heavy atom. The average Bonchev–Trinajstić information content (AvgIpc) is 0.872. The number of hydrogen-bond acceptors (Lipinski definition) is 16. The summed E-state index contributed by atoms with van der Waals surface area (Å²) in [5.41, 5.74) is 6.86. The predicted octanol–water partition coefficient (Wildman–Crippen LogP) is 11.3. The summed E-state index contributed by atoms with van der Waals surface area (Å²) in [4.78, 5) is 46.3. The number of aliphatic carboxylic acids is 3. The molecule has 0 spiro atoms. The van der Waals surface area contributed by atoms with E-state index in [-0.39, 0.29) is 41.8 Å². The summed E-state index contributed by atoms with van der Waals surface area (Å²) in [5, 5.41) is 37.8. The smallest absolute Gasteiger partial charge is 0.341 e. The molecule has 89 heavy (non-hydrogen) atoms. The summed E-state index contributed by atoms with van der Waals surface area (Å²) in [6.45, 7) is -0.394. The number of carboxylic acid groups (broad SMARTS) is 4. The molecule has 1 aliphatic rings. The Morgan fingerprint density at radius 3 is 0.685 bits per heavy atom. The van der Waals surface area contributed by atoms with Crippen molar-refractivity contribution in [1.29, 1.82) is 0 Å². The molecule has 4 atom stereocenters. The number of ether oxygens (including phenoxy) is 12. The van der Waals surface area contributed by atoms with Gasteiger partial charge in [-0.05, 0) is 102 Å². The van der Waals surface area contributed by atoms with Crippen LogP contribution in [0.25, 0.3) is 0 Å². The summed E-state index contributed by atoms with van der Waals surface area (Å²) in [6.07, 6.45) is 0. The maximum Gasteiger partial charge on any atom is 0.341 e. The number of carboxylic acids is 3. The van der Waals surface area contributed by atoms with E-state index >= 15 is 0 Å². The first-order valence-electron chi connectivity index (χ1n) is 27.8. The van der Waals surface area contributed by atoms with Gasteiger partial charge in [-0.15, -0.1) is 0 Å². The lowest BCUT2D eigenvalue weighted by Crippen LogP contribution is -2.18. The SMILES string of the molecule is CCOc1cc(OC)c2cc1C(c1ccc(OC)cc1)c1cc(c(OCC(=O)O)cc1OC)C(c1ccc(OC)cc1)c1cc(c(OCC(=O)O)cc1OC)C(c1ccc(OC)cc1)c1cc(c(OCC(=O)O)cc1OC)C2c1ccc(OC)cc1.O=CO. The molecule has 20 nitrogen and oxygen atoms in total. The van der Waals surface area contributed by atoms with Crippen molar-refractivity contribution in [2.45, 2.75) is 30.6 Å². The highest BCUT2D eigenvalue weighted by Gasteiger charge is 2.37. The van der Waals surface area contributed by atoms with Gasteiger partial charge in [0.2, 0.25) is 0 Å². The second-order valence-corrected chi connectivity index (χ2v) is 19.9. The molecule has 8 bridgehead atoms. The van der Waals surface area contributed by atoms with Crippen molar-refractivity contribution >= 4 is 24.4 Å². The van der Waals surface area contributed by atoms with E-state index < -0.39 is 61.4 Å². The summed E-state index contributed by atoms with van der Waals surface area (Å²) in [7, 11) is 12.3. The number of hydrogen-bond donors (Lipinski definition) is 4. The molecular weight excluding hydrogens is 1150 g/mol. The van der Waals surface area contributed by atoms with Crippen LogP contribution in [0.5, 0.6) is 69.0 Å². The van der Waals surface area contributed by atoms with Gasteiger partial charge in [0.15, 0.2) is 19.8 Å². The topological polar surface area (TPSA) is 260 Å². The molecule has 0 amide bonds. The molecule has 1 aliphatic carbocycles. The Balaban J connectivity index is 0.00000334. The van der Waals surface area contributed by atoms with Gasteiger partial charge in [0, 0.05) is 92.4 Å². The first-order valence-corrected chi connectivity index (χ1v) is 27.8. The molecule has 4 N–H and O–H groups in total. The van der Waals surface area contributed by atoms with Gasteiger partial charge in [-0.1, -0.05) is 48.5 Å². The summed E-state index contributed by atoms with van der Waals surface area (Å²) < 4.78 is 74.2. The van der Waals surface area contributed by atoms with Crippen molar-refractivity contribution in [1.82, 2.24) is 0 Å². The minimum Gasteiger partial charge on any atom is -0.497 e. The van der Waals surface area contributed by atoms with E-state index in [0.717, 1.165) is 5.56 Å². The van der Waals surface area contributed by atoms with Gasteiger partial charge < -0.3 is 77.3 Å². The average molecular weight is 1220 g/mol. The van der Waals surface area contributed by atoms with Crippen molar-refractivity contribution in [3.05, 3.63) is 212 Å². The molecule has 9 rings (SSSR count). The maximum atomic E-state index is 12.6. The highest BCUT2D eigenvalue weighted by Crippen LogP contribution is 2.55. The zero-order valence-corrected chi connectivity index (χ0v) is 50.4. The van der Waals surface area contributed by atoms with Crippen LogP contribution in [0, 0.1) is 0 Å². The first kappa shape index (κ1) is 64.2. The highest BCUT2D eigenvalue weighted by molar-refractivity contribution is 5.72. The lowest BCUT2D eigenvalue weighted by Gasteiger charge is -2.32. The first-order chi connectivity index (χ1) is 43.1. The molecule has 464 valence electrons. The Morgan fingerprint density at radius 1 is 0.326 bits per heavy atom. The largest absolute Gasteiger partial charge is 0.497 e. The molecule has 0 radical (unpaired) electrons. The fourth-order valence-corrected chi connectivity index (χ4v) is 11.3. The van der Waals surface area contributed by atoms with Gasteiger partial charge in [0.25, 0.3) is 6.47 Å². The van der Waals surface area contributed by atoms with Crippen LogP contribution in [-0.4, -0.2) is 128 Å². The maximum absolute atomic E-state index is 12.6. The van der Waals surface area contributed by atoms with E-state index in [1.54, 1.807) is 78.0 Å². The van der Waals surface area contributed by atoms with Gasteiger partial charge in [-0.25, -0.2) is 14.4 Å². The van der Waals surface area contributed by atoms with E-state index in [9.17, 15) is 29.7 Å². The minimum absolute atomic E-state index is 0.111. The van der Waals surface area contributed by atoms with Crippen LogP contribution in [0.1, 0.15) is 97.4 Å². The number of methoxy groups -OCH3 is 8. The Labute approximate surface area is 514 Å². The minimum atomic E-state index is -1.26. The normalized spacial score (nSPS) is 14.7. The fraction of sp³-hybridized carbons (Fsp3) is 0.246. The van der Waals surface area contributed by atoms with Gasteiger partial charge in [-0.2, -0.15) is 0 Å². The molecule has 0 saturated heterocycles. The van der Waals surface area contributed by atoms with Gasteiger partial charge >= 0.3 is 17.9 Å². The van der Waals surface area contributed by atoms with Gasteiger partial charge in [0.1, 0.15) is 69.0 Å². The van der Waals surface area contributed by atoms with Crippen molar-refractivity contribution in [3.8, 4) is 69.0 Å². The molecule has 20 heteroatoms. The van der Waals surface area contributed by atoms with Crippen LogP contribution in [0.2, 0.25) is 0 Å². The van der Waals surface area contributed by atoms with Crippen LogP contribution in [-0.2, 0) is 19.2 Å². The molecule has 0 saturated carbocycles. The lowest BCUT2D eigenvalue weighted by molar-refractivity contribution is -0.140. The highest BCUT2D eigenvalue weighted by atomic mass is 16.5. The zero-order valence-electron chi connectivity index (χ0n) is 50.4. The molecule has 8 aromatic carbocycles. The third-order valence-corrected chi connectivity index (χ3v) is 15.1. The molecule has 8 aromatic rings.